The van der Waals surface area contributed by atoms with Crippen molar-refractivity contribution in [3.05, 3.63) is 12.2 Å². The largest absolute Gasteiger partial charge is 0.282 e. The predicted octanol–water partition coefficient (Wildman–Crippen LogP) is 3.79. The molecule has 13 heavy (non-hydrogen) atoms. The molecule has 1 atom stereocenters. The van der Waals surface area contributed by atoms with Gasteiger partial charge in [0, 0.05) is 4.75 Å². The lowest BCUT2D eigenvalue weighted by Crippen LogP contribution is -2.21. The fourth-order valence-corrected chi connectivity index (χ4v) is 2.21. The topological polar surface area (TPSA) is 17.1 Å². The van der Waals surface area contributed by atoms with Gasteiger partial charge in [-0.1, -0.05) is 38.6 Å². The lowest BCUT2D eigenvalue weighted by atomic mass is 10.0. The minimum atomic E-state index is 0.102. The fourth-order valence-electron chi connectivity index (χ4n) is 1.14. The van der Waals surface area contributed by atoms with E-state index in [0.717, 1.165) is 19.3 Å². The highest BCUT2D eigenvalue weighted by Crippen LogP contribution is 2.34. The minimum Gasteiger partial charge on any atom is -0.282 e. The Bertz CT molecular complexity index is 198. The maximum absolute atomic E-state index is 11.5. The number of carbonyl (C=O) groups is 1. The molecule has 0 N–H and O–H groups in total. The zero-order valence-electron chi connectivity index (χ0n) is 9.14. The molecule has 0 aliphatic carbocycles. The van der Waals surface area contributed by atoms with Crippen LogP contribution in [-0.2, 0) is 4.79 Å². The predicted molar refractivity (Wildman–Crippen MR) is 61.0 cm³/mol. The van der Waals surface area contributed by atoms with Gasteiger partial charge < -0.3 is 0 Å². The molecule has 0 bridgehead atoms. The number of hydrogen-bond donors (Lipinski definition) is 0. The van der Waals surface area contributed by atoms with Crippen LogP contribution in [0.4, 0.5) is 0 Å². The Labute approximate surface area is 86.0 Å². The van der Waals surface area contributed by atoms with Crippen LogP contribution < -0.4 is 0 Å². The summed E-state index contributed by atoms with van der Waals surface area (Å²) in [6, 6.07) is 0. The fraction of sp³-hybridized carbons (Fsp3) is 0.727. The van der Waals surface area contributed by atoms with E-state index < -0.39 is 0 Å². The second kappa shape index (κ2) is 5.48. The summed E-state index contributed by atoms with van der Waals surface area (Å²) in [6.45, 7) is 11.9. The van der Waals surface area contributed by atoms with Gasteiger partial charge in [0.1, 0.15) is 0 Å². The molecule has 1 nitrogen and oxygen atoms in total. The standard InChI is InChI=1S/C11H20OS/c1-6-8-11(5,7-2)13-10(12)9(3)4/h3,6-8H2,1-2,4-5H3. The zero-order valence-corrected chi connectivity index (χ0v) is 9.96. The van der Waals surface area contributed by atoms with Crippen LogP contribution in [0.5, 0.6) is 0 Å². The number of thioether (sulfide) groups is 1. The van der Waals surface area contributed by atoms with Gasteiger partial charge in [-0.2, -0.15) is 0 Å². The summed E-state index contributed by atoms with van der Waals surface area (Å²) in [5.41, 5.74) is 0.653. The van der Waals surface area contributed by atoms with Crippen molar-refractivity contribution in [2.24, 2.45) is 0 Å². The smallest absolute Gasteiger partial charge is 0.214 e. The quantitative estimate of drug-likeness (QED) is 0.628. The lowest BCUT2D eigenvalue weighted by molar-refractivity contribution is -0.107. The molecule has 0 saturated heterocycles. The highest BCUT2D eigenvalue weighted by atomic mass is 32.2. The van der Waals surface area contributed by atoms with Gasteiger partial charge in [-0.25, -0.2) is 0 Å². The van der Waals surface area contributed by atoms with E-state index in [1.807, 2.05) is 0 Å². The van der Waals surface area contributed by atoms with E-state index in [9.17, 15) is 4.79 Å². The first-order chi connectivity index (χ1) is 5.95. The highest BCUT2D eigenvalue weighted by molar-refractivity contribution is 8.15. The van der Waals surface area contributed by atoms with Crippen molar-refractivity contribution in [2.45, 2.75) is 51.7 Å². The Hall–Kier alpha value is -0.240. The van der Waals surface area contributed by atoms with Crippen LogP contribution >= 0.6 is 11.8 Å². The Morgan fingerprint density at radius 1 is 1.46 bits per heavy atom. The monoisotopic (exact) mass is 200 g/mol. The molecule has 0 aliphatic heterocycles. The van der Waals surface area contributed by atoms with E-state index in [1.54, 1.807) is 6.92 Å². The number of carbonyl (C=O) groups excluding carboxylic acids is 1. The van der Waals surface area contributed by atoms with Crippen molar-refractivity contribution in [3.8, 4) is 0 Å². The average Bonchev–Trinajstić information content (AvgIpc) is 2.04. The molecule has 2 heteroatoms. The molecule has 76 valence electrons. The SMILES string of the molecule is C=C(C)C(=O)SC(C)(CC)CCC. The molecule has 1 unspecified atom stereocenters. The van der Waals surface area contributed by atoms with E-state index in [4.69, 9.17) is 0 Å². The summed E-state index contributed by atoms with van der Waals surface area (Å²) in [5, 5.41) is 0.137. The normalized spacial score (nSPS) is 15.1. The molecule has 0 amide bonds. The first-order valence-electron chi connectivity index (χ1n) is 4.84. The molecule has 0 aliphatic rings. The average molecular weight is 200 g/mol. The molecule has 0 radical (unpaired) electrons. The third-order valence-corrected chi connectivity index (χ3v) is 3.73. The van der Waals surface area contributed by atoms with Gasteiger partial charge in [-0.05, 0) is 32.3 Å². The summed E-state index contributed by atoms with van der Waals surface area (Å²) in [7, 11) is 0. The van der Waals surface area contributed by atoms with Gasteiger partial charge in [-0.3, -0.25) is 4.79 Å². The number of hydrogen-bond acceptors (Lipinski definition) is 2. The van der Waals surface area contributed by atoms with Crippen LogP contribution in [0.3, 0.4) is 0 Å². The Kier molecular flexibility index (Phi) is 5.38. The van der Waals surface area contributed by atoms with Crippen molar-refractivity contribution in [1.82, 2.24) is 0 Å². The summed E-state index contributed by atoms with van der Waals surface area (Å²) in [6.07, 6.45) is 3.25. The van der Waals surface area contributed by atoms with Gasteiger partial charge >= 0.3 is 0 Å². The molecule has 0 spiro atoms. The Morgan fingerprint density at radius 3 is 2.31 bits per heavy atom. The molecule has 0 fully saturated rings. The molecule has 0 rings (SSSR count). The minimum absolute atomic E-state index is 0.102. The summed E-state index contributed by atoms with van der Waals surface area (Å²) < 4.78 is 0.102. The van der Waals surface area contributed by atoms with Gasteiger partial charge in [-0.15, -0.1) is 0 Å². The second-order valence-electron chi connectivity index (χ2n) is 3.72. The zero-order chi connectivity index (χ0) is 10.5. The molecule has 0 saturated carbocycles. The van der Waals surface area contributed by atoms with Gasteiger partial charge in [0.25, 0.3) is 0 Å². The van der Waals surface area contributed by atoms with E-state index >= 15 is 0 Å². The molecule has 0 aromatic heterocycles. The Balaban J connectivity index is 4.26. The van der Waals surface area contributed by atoms with Crippen LogP contribution in [0.1, 0.15) is 47.0 Å². The maximum Gasteiger partial charge on any atom is 0.214 e. The summed E-state index contributed by atoms with van der Waals surface area (Å²) in [4.78, 5) is 11.5. The molecule has 0 aromatic carbocycles. The van der Waals surface area contributed by atoms with Gasteiger partial charge in [0.05, 0.1) is 0 Å². The van der Waals surface area contributed by atoms with Crippen LogP contribution in [-0.4, -0.2) is 9.86 Å². The molecule has 0 aromatic rings. The van der Waals surface area contributed by atoms with E-state index in [-0.39, 0.29) is 9.86 Å². The van der Waals surface area contributed by atoms with Crippen LogP contribution in [0.2, 0.25) is 0 Å². The van der Waals surface area contributed by atoms with E-state index in [1.165, 1.54) is 11.8 Å². The van der Waals surface area contributed by atoms with Crippen molar-refractivity contribution >= 4 is 16.9 Å². The number of rotatable bonds is 5. The first kappa shape index (κ1) is 12.8. The van der Waals surface area contributed by atoms with E-state index in [2.05, 4.69) is 27.4 Å². The van der Waals surface area contributed by atoms with E-state index in [0.29, 0.717) is 5.57 Å². The first-order valence-corrected chi connectivity index (χ1v) is 5.65. The van der Waals surface area contributed by atoms with Crippen molar-refractivity contribution in [2.75, 3.05) is 0 Å². The van der Waals surface area contributed by atoms with Crippen LogP contribution in [0.25, 0.3) is 0 Å². The third kappa shape index (κ3) is 4.51. The van der Waals surface area contributed by atoms with Crippen LogP contribution in [0, 0.1) is 0 Å². The Morgan fingerprint density at radius 2 is 2.00 bits per heavy atom. The highest BCUT2D eigenvalue weighted by Gasteiger charge is 2.25. The van der Waals surface area contributed by atoms with Crippen molar-refractivity contribution in [3.63, 3.8) is 0 Å². The van der Waals surface area contributed by atoms with Crippen molar-refractivity contribution < 1.29 is 4.79 Å². The molecule has 0 heterocycles. The molecular formula is C11H20OS. The van der Waals surface area contributed by atoms with Crippen LogP contribution in [0.15, 0.2) is 12.2 Å². The second-order valence-corrected chi connectivity index (χ2v) is 5.28. The van der Waals surface area contributed by atoms with Gasteiger partial charge in [0.15, 0.2) is 0 Å². The van der Waals surface area contributed by atoms with Crippen molar-refractivity contribution in [1.29, 1.82) is 0 Å². The molecular weight excluding hydrogens is 180 g/mol. The maximum atomic E-state index is 11.5. The third-order valence-electron chi connectivity index (χ3n) is 2.21. The summed E-state index contributed by atoms with van der Waals surface area (Å²) in [5.74, 6) is 0. The summed E-state index contributed by atoms with van der Waals surface area (Å²) >= 11 is 1.44. The van der Waals surface area contributed by atoms with Gasteiger partial charge in [0.2, 0.25) is 5.12 Å². The lowest BCUT2D eigenvalue weighted by Gasteiger charge is -2.25.